The fourth-order valence-corrected chi connectivity index (χ4v) is 6.49. The molecule has 2 aliphatic heterocycles. The number of fused-ring (bicyclic) bond motifs is 1. The topological polar surface area (TPSA) is 56.2 Å². The van der Waals surface area contributed by atoms with Crippen LogP contribution >= 0.6 is 23.2 Å². The summed E-state index contributed by atoms with van der Waals surface area (Å²) in [5.41, 5.74) is 5.03. The van der Waals surface area contributed by atoms with Gasteiger partial charge in [0.2, 0.25) is 0 Å². The molecule has 1 saturated carbocycles. The fraction of sp³-hybridized carbons (Fsp3) is 0.324. The van der Waals surface area contributed by atoms with Gasteiger partial charge in [-0.15, -0.1) is 0 Å². The second-order valence-electron chi connectivity index (χ2n) is 11.5. The number of aryl methyl sites for hydroxylation is 1. The molecule has 2 fully saturated rings. The van der Waals surface area contributed by atoms with E-state index in [1.54, 1.807) is 29.0 Å². The summed E-state index contributed by atoms with van der Waals surface area (Å²) >= 11 is 12.3. The lowest BCUT2D eigenvalue weighted by Gasteiger charge is -2.35. The Morgan fingerprint density at radius 1 is 0.953 bits per heavy atom. The van der Waals surface area contributed by atoms with Crippen molar-refractivity contribution in [3.05, 3.63) is 110 Å². The SMILES string of the molecule is Cc1ccc(C(=O)N2CCN(CC(=O)N3N=C4/C(=C\c5ccc(Cl)cc5)CCCC4C3c3ccc(Cl)cc3)CC2)cc1F. The van der Waals surface area contributed by atoms with Gasteiger partial charge in [0, 0.05) is 47.7 Å². The molecule has 222 valence electrons. The fourth-order valence-electron chi connectivity index (χ4n) is 6.24. The molecule has 2 atom stereocenters. The normalized spacial score (nSPS) is 21.6. The predicted octanol–water partition coefficient (Wildman–Crippen LogP) is 7.02. The van der Waals surface area contributed by atoms with Crippen LogP contribution < -0.4 is 0 Å². The molecule has 6 rings (SSSR count). The highest BCUT2D eigenvalue weighted by Gasteiger charge is 2.44. The van der Waals surface area contributed by atoms with Gasteiger partial charge in [0.05, 0.1) is 18.3 Å². The van der Waals surface area contributed by atoms with E-state index in [0.29, 0.717) is 47.4 Å². The minimum Gasteiger partial charge on any atom is -0.336 e. The van der Waals surface area contributed by atoms with Crippen LogP contribution in [0.3, 0.4) is 0 Å². The maximum Gasteiger partial charge on any atom is 0.257 e. The van der Waals surface area contributed by atoms with Crippen LogP contribution in [0.1, 0.15) is 52.4 Å². The number of hydrogen-bond acceptors (Lipinski definition) is 4. The molecule has 0 radical (unpaired) electrons. The first-order chi connectivity index (χ1) is 20.8. The summed E-state index contributed by atoms with van der Waals surface area (Å²) in [6.07, 6.45) is 5.00. The molecule has 2 unspecified atom stereocenters. The predicted molar refractivity (Wildman–Crippen MR) is 169 cm³/mol. The highest BCUT2D eigenvalue weighted by Crippen LogP contribution is 2.44. The van der Waals surface area contributed by atoms with Crippen molar-refractivity contribution < 1.29 is 14.0 Å². The molecular formula is C34H33Cl2FN4O2. The smallest absolute Gasteiger partial charge is 0.257 e. The Hall–Kier alpha value is -3.52. The number of carbonyl (C=O) groups excluding carboxylic acids is 2. The molecule has 2 amide bonds. The summed E-state index contributed by atoms with van der Waals surface area (Å²) in [5.74, 6) is -0.568. The van der Waals surface area contributed by atoms with Crippen LogP contribution in [0.4, 0.5) is 4.39 Å². The second-order valence-corrected chi connectivity index (χ2v) is 12.3. The molecule has 0 aromatic heterocycles. The van der Waals surface area contributed by atoms with Crippen LogP contribution in [-0.4, -0.2) is 65.1 Å². The highest BCUT2D eigenvalue weighted by atomic mass is 35.5. The van der Waals surface area contributed by atoms with Gasteiger partial charge in [-0.2, -0.15) is 5.10 Å². The van der Waals surface area contributed by atoms with Gasteiger partial charge in [0.15, 0.2) is 0 Å². The van der Waals surface area contributed by atoms with Crippen LogP contribution in [-0.2, 0) is 4.79 Å². The molecule has 3 aromatic rings. The molecule has 0 spiro atoms. The van der Waals surface area contributed by atoms with Gasteiger partial charge in [-0.3, -0.25) is 14.5 Å². The van der Waals surface area contributed by atoms with E-state index < -0.39 is 0 Å². The van der Waals surface area contributed by atoms with E-state index >= 15 is 0 Å². The molecule has 6 nitrogen and oxygen atoms in total. The standard InChI is InChI=1S/C34H33Cl2FN4O2/c1-22-5-8-26(20-30(22)37)34(43)40-17-15-39(16-18-40)21-31(42)41-33(24-9-13-28(36)14-10-24)29-4-2-3-25(32(29)38-41)19-23-6-11-27(35)12-7-23/h5-14,19-20,29,33H,2-4,15-18,21H2,1H3/b25-19-. The number of nitrogens with zero attached hydrogens (tertiary/aromatic N) is 4. The lowest BCUT2D eigenvalue weighted by molar-refractivity contribution is -0.135. The van der Waals surface area contributed by atoms with Crippen LogP contribution in [0.5, 0.6) is 0 Å². The van der Waals surface area contributed by atoms with E-state index in [-0.39, 0.29) is 36.1 Å². The third-order valence-corrected chi connectivity index (χ3v) is 9.12. The Morgan fingerprint density at radius 3 is 2.30 bits per heavy atom. The minimum atomic E-state index is -0.385. The molecule has 9 heteroatoms. The third-order valence-electron chi connectivity index (χ3n) is 8.62. The average Bonchev–Trinajstić information content (AvgIpc) is 3.41. The number of benzene rings is 3. The van der Waals surface area contributed by atoms with Crippen molar-refractivity contribution in [2.45, 2.75) is 32.2 Å². The molecule has 3 aromatic carbocycles. The van der Waals surface area contributed by atoms with E-state index in [4.69, 9.17) is 28.3 Å². The van der Waals surface area contributed by atoms with Crippen LogP contribution in [0, 0.1) is 18.7 Å². The van der Waals surface area contributed by atoms with Crippen molar-refractivity contribution in [1.29, 1.82) is 0 Å². The summed E-state index contributed by atoms with van der Waals surface area (Å²) < 4.78 is 14.0. The van der Waals surface area contributed by atoms with Gasteiger partial charge < -0.3 is 4.90 Å². The first-order valence-corrected chi connectivity index (χ1v) is 15.4. The van der Waals surface area contributed by atoms with Gasteiger partial charge in [0.25, 0.3) is 11.8 Å². The Morgan fingerprint density at radius 2 is 1.63 bits per heavy atom. The van der Waals surface area contributed by atoms with E-state index in [2.05, 4.69) is 11.0 Å². The molecule has 3 aliphatic rings. The summed E-state index contributed by atoms with van der Waals surface area (Å²) in [5, 5.41) is 8.01. The molecule has 0 N–H and O–H groups in total. The van der Waals surface area contributed by atoms with Crippen molar-refractivity contribution in [3.63, 3.8) is 0 Å². The minimum absolute atomic E-state index is 0.0759. The maximum atomic E-state index is 14.0. The Kier molecular flexibility index (Phi) is 8.66. The quantitative estimate of drug-likeness (QED) is 0.309. The van der Waals surface area contributed by atoms with Crippen molar-refractivity contribution in [2.75, 3.05) is 32.7 Å². The first-order valence-electron chi connectivity index (χ1n) is 14.7. The van der Waals surface area contributed by atoms with Crippen LogP contribution in [0.25, 0.3) is 6.08 Å². The molecule has 1 aliphatic carbocycles. The first kappa shape index (κ1) is 29.5. The number of hydrogen-bond donors (Lipinski definition) is 0. The van der Waals surface area contributed by atoms with Crippen LogP contribution in [0.2, 0.25) is 10.0 Å². The van der Waals surface area contributed by atoms with Crippen LogP contribution in [0.15, 0.2) is 77.4 Å². The van der Waals surface area contributed by atoms with Crippen molar-refractivity contribution in [3.8, 4) is 0 Å². The van der Waals surface area contributed by atoms with Crippen molar-refractivity contribution in [2.24, 2.45) is 11.0 Å². The van der Waals surface area contributed by atoms with Crippen molar-refractivity contribution >= 4 is 46.8 Å². The molecule has 0 bridgehead atoms. The molecule has 2 heterocycles. The molecule has 1 saturated heterocycles. The number of rotatable bonds is 5. The zero-order chi connectivity index (χ0) is 30.1. The number of carbonyl (C=O) groups is 2. The average molecular weight is 620 g/mol. The van der Waals surface area contributed by atoms with Gasteiger partial charge in [-0.1, -0.05) is 53.5 Å². The third kappa shape index (κ3) is 6.40. The lowest BCUT2D eigenvalue weighted by Crippen LogP contribution is -2.51. The summed E-state index contributed by atoms with van der Waals surface area (Å²) in [6.45, 7) is 3.90. The van der Waals surface area contributed by atoms with E-state index in [9.17, 15) is 14.0 Å². The summed E-state index contributed by atoms with van der Waals surface area (Å²) in [6, 6.07) is 19.8. The number of hydrazone groups is 1. The molecule has 43 heavy (non-hydrogen) atoms. The van der Waals surface area contributed by atoms with Gasteiger partial charge in [-0.25, -0.2) is 9.40 Å². The summed E-state index contributed by atoms with van der Waals surface area (Å²) in [4.78, 5) is 30.7. The highest BCUT2D eigenvalue weighted by molar-refractivity contribution is 6.30. The summed E-state index contributed by atoms with van der Waals surface area (Å²) in [7, 11) is 0. The molecular weight excluding hydrogens is 586 g/mol. The second kappa shape index (κ2) is 12.6. The van der Waals surface area contributed by atoms with Gasteiger partial charge in [-0.05, 0) is 90.9 Å². The Bertz CT molecular complexity index is 1580. The number of allylic oxidation sites excluding steroid dienone is 1. The largest absolute Gasteiger partial charge is 0.336 e. The number of halogens is 3. The Labute approximate surface area is 261 Å². The zero-order valence-corrected chi connectivity index (χ0v) is 25.5. The lowest BCUT2D eigenvalue weighted by atomic mass is 9.77. The zero-order valence-electron chi connectivity index (χ0n) is 24.0. The van der Waals surface area contributed by atoms with Gasteiger partial charge in [0.1, 0.15) is 5.82 Å². The van der Waals surface area contributed by atoms with Gasteiger partial charge >= 0.3 is 0 Å². The number of amides is 2. The maximum absolute atomic E-state index is 14.0. The van der Waals surface area contributed by atoms with Crippen molar-refractivity contribution in [1.82, 2.24) is 14.8 Å². The van der Waals surface area contributed by atoms with E-state index in [0.717, 1.165) is 41.7 Å². The monoisotopic (exact) mass is 618 g/mol. The van der Waals surface area contributed by atoms with E-state index in [1.807, 2.05) is 48.5 Å². The number of piperazine rings is 1. The Balaban J connectivity index is 1.19. The van der Waals surface area contributed by atoms with E-state index in [1.165, 1.54) is 6.07 Å².